The molecule has 0 aliphatic heterocycles. The number of hydrogen-bond acceptors (Lipinski definition) is 3. The van der Waals surface area contributed by atoms with E-state index in [0.717, 1.165) is 18.1 Å². The summed E-state index contributed by atoms with van der Waals surface area (Å²) in [6.07, 6.45) is 2.06. The molecule has 0 amide bonds. The van der Waals surface area contributed by atoms with Crippen LogP contribution in [-0.4, -0.2) is 24.8 Å². The molecule has 0 atom stereocenters. The number of carboxylic acid groups (broad SMARTS) is 1. The number of aryl methyl sites for hydroxylation is 1. The molecular weight excluding hydrogens is 232 g/mol. The molecule has 98 valence electrons. The topological polar surface area (TPSA) is 55.8 Å². The molecule has 4 nitrogen and oxygen atoms in total. The zero-order chi connectivity index (χ0) is 13.5. The van der Waals surface area contributed by atoms with Gasteiger partial charge in [-0.05, 0) is 36.6 Å². The number of carbonyl (C=O) groups is 1. The highest BCUT2D eigenvalue weighted by Crippen LogP contribution is 2.28. The van der Waals surface area contributed by atoms with Crippen molar-refractivity contribution in [3.8, 4) is 11.5 Å². The van der Waals surface area contributed by atoms with E-state index in [1.165, 1.54) is 0 Å². The van der Waals surface area contributed by atoms with Crippen LogP contribution in [0.4, 0.5) is 0 Å². The second-order valence-electron chi connectivity index (χ2n) is 3.96. The van der Waals surface area contributed by atoms with Crippen LogP contribution in [0.2, 0.25) is 0 Å². The van der Waals surface area contributed by atoms with Gasteiger partial charge in [-0.15, -0.1) is 0 Å². The zero-order valence-corrected chi connectivity index (χ0v) is 10.9. The molecule has 0 aliphatic rings. The predicted octanol–water partition coefficient (Wildman–Crippen LogP) is 2.67. The number of rotatable bonds is 6. The van der Waals surface area contributed by atoms with Gasteiger partial charge in [-0.1, -0.05) is 13.0 Å². The SMILES string of the molecule is CCc1ccc(OC/C(C)=C/C(=O)O)c(OC)c1. The van der Waals surface area contributed by atoms with Gasteiger partial charge in [-0.2, -0.15) is 0 Å². The number of ether oxygens (including phenoxy) is 2. The third-order valence-electron chi connectivity index (χ3n) is 2.46. The van der Waals surface area contributed by atoms with E-state index in [4.69, 9.17) is 14.6 Å². The van der Waals surface area contributed by atoms with Gasteiger partial charge in [0.05, 0.1) is 7.11 Å². The number of aliphatic carboxylic acids is 1. The van der Waals surface area contributed by atoms with E-state index in [1.54, 1.807) is 14.0 Å². The minimum absolute atomic E-state index is 0.230. The molecule has 1 N–H and O–H groups in total. The first-order chi connectivity index (χ1) is 8.56. The van der Waals surface area contributed by atoms with Gasteiger partial charge < -0.3 is 14.6 Å². The first-order valence-electron chi connectivity index (χ1n) is 5.76. The summed E-state index contributed by atoms with van der Waals surface area (Å²) in [5.41, 5.74) is 1.81. The van der Waals surface area contributed by atoms with Crippen LogP contribution in [-0.2, 0) is 11.2 Å². The normalized spacial score (nSPS) is 11.2. The van der Waals surface area contributed by atoms with E-state index in [1.807, 2.05) is 18.2 Å². The Labute approximate surface area is 107 Å². The van der Waals surface area contributed by atoms with E-state index in [2.05, 4.69) is 6.92 Å². The van der Waals surface area contributed by atoms with Crippen molar-refractivity contribution in [2.75, 3.05) is 13.7 Å². The van der Waals surface area contributed by atoms with Gasteiger partial charge in [-0.3, -0.25) is 0 Å². The summed E-state index contributed by atoms with van der Waals surface area (Å²) >= 11 is 0. The van der Waals surface area contributed by atoms with Crippen LogP contribution in [0.5, 0.6) is 11.5 Å². The summed E-state index contributed by atoms with van der Waals surface area (Å²) in [5, 5.41) is 8.59. The summed E-state index contributed by atoms with van der Waals surface area (Å²) in [6, 6.07) is 5.73. The number of methoxy groups -OCH3 is 1. The van der Waals surface area contributed by atoms with Crippen LogP contribution in [0.25, 0.3) is 0 Å². The molecular formula is C14H18O4. The van der Waals surface area contributed by atoms with Gasteiger partial charge in [0.1, 0.15) is 6.61 Å². The van der Waals surface area contributed by atoms with Crippen LogP contribution in [0.15, 0.2) is 29.8 Å². The lowest BCUT2D eigenvalue weighted by atomic mass is 10.1. The number of hydrogen-bond donors (Lipinski definition) is 1. The Hall–Kier alpha value is -1.97. The molecule has 1 aromatic carbocycles. The Morgan fingerprint density at radius 1 is 1.39 bits per heavy atom. The quantitative estimate of drug-likeness (QED) is 0.789. The average Bonchev–Trinajstić information content (AvgIpc) is 2.35. The van der Waals surface area contributed by atoms with E-state index < -0.39 is 5.97 Å². The smallest absolute Gasteiger partial charge is 0.328 e. The fourth-order valence-corrected chi connectivity index (χ4v) is 1.50. The van der Waals surface area contributed by atoms with E-state index in [-0.39, 0.29) is 6.61 Å². The molecule has 0 aliphatic carbocycles. The molecule has 0 heterocycles. The van der Waals surface area contributed by atoms with Crippen molar-refractivity contribution in [2.45, 2.75) is 20.3 Å². The molecule has 0 unspecified atom stereocenters. The summed E-state index contributed by atoms with van der Waals surface area (Å²) in [6.45, 7) is 4.00. The van der Waals surface area contributed by atoms with Crippen molar-refractivity contribution in [3.63, 3.8) is 0 Å². The molecule has 1 aromatic rings. The molecule has 18 heavy (non-hydrogen) atoms. The summed E-state index contributed by atoms with van der Waals surface area (Å²) in [4.78, 5) is 10.5. The Balaban J connectivity index is 2.75. The Kier molecular flexibility index (Phi) is 5.24. The maximum atomic E-state index is 10.5. The summed E-state index contributed by atoms with van der Waals surface area (Å²) < 4.78 is 10.8. The van der Waals surface area contributed by atoms with Gasteiger partial charge in [0.2, 0.25) is 0 Å². The predicted molar refractivity (Wildman–Crippen MR) is 69.3 cm³/mol. The van der Waals surface area contributed by atoms with Gasteiger partial charge in [0.15, 0.2) is 11.5 Å². The van der Waals surface area contributed by atoms with E-state index >= 15 is 0 Å². The van der Waals surface area contributed by atoms with Crippen molar-refractivity contribution in [2.24, 2.45) is 0 Å². The molecule has 0 saturated carbocycles. The highest BCUT2D eigenvalue weighted by atomic mass is 16.5. The lowest BCUT2D eigenvalue weighted by Gasteiger charge is -2.11. The molecule has 0 radical (unpaired) electrons. The first kappa shape index (κ1) is 14.1. The van der Waals surface area contributed by atoms with E-state index in [0.29, 0.717) is 17.1 Å². The van der Waals surface area contributed by atoms with Crippen molar-refractivity contribution in [1.29, 1.82) is 0 Å². The van der Waals surface area contributed by atoms with Crippen LogP contribution < -0.4 is 9.47 Å². The third kappa shape index (κ3) is 4.13. The highest BCUT2D eigenvalue weighted by molar-refractivity contribution is 5.80. The molecule has 1 rings (SSSR count). The lowest BCUT2D eigenvalue weighted by Crippen LogP contribution is -2.03. The second-order valence-corrected chi connectivity index (χ2v) is 3.96. The Bertz CT molecular complexity index is 449. The van der Waals surface area contributed by atoms with Gasteiger partial charge in [0, 0.05) is 6.08 Å². The fraction of sp³-hybridized carbons (Fsp3) is 0.357. The largest absolute Gasteiger partial charge is 0.493 e. The van der Waals surface area contributed by atoms with Crippen molar-refractivity contribution >= 4 is 5.97 Å². The molecule has 0 aromatic heterocycles. The number of carboxylic acids is 1. The minimum atomic E-state index is -0.968. The van der Waals surface area contributed by atoms with Gasteiger partial charge >= 0.3 is 5.97 Å². The monoisotopic (exact) mass is 250 g/mol. The van der Waals surface area contributed by atoms with Crippen molar-refractivity contribution in [1.82, 2.24) is 0 Å². The zero-order valence-electron chi connectivity index (χ0n) is 10.9. The summed E-state index contributed by atoms with van der Waals surface area (Å²) in [5.74, 6) is 0.315. The average molecular weight is 250 g/mol. The first-order valence-corrected chi connectivity index (χ1v) is 5.76. The van der Waals surface area contributed by atoms with Crippen LogP contribution in [0.1, 0.15) is 19.4 Å². The molecule has 0 saturated heterocycles. The number of benzene rings is 1. The van der Waals surface area contributed by atoms with Crippen LogP contribution >= 0.6 is 0 Å². The Morgan fingerprint density at radius 3 is 2.67 bits per heavy atom. The van der Waals surface area contributed by atoms with Gasteiger partial charge in [-0.25, -0.2) is 4.79 Å². The van der Waals surface area contributed by atoms with E-state index in [9.17, 15) is 4.79 Å². The maximum Gasteiger partial charge on any atom is 0.328 e. The third-order valence-corrected chi connectivity index (χ3v) is 2.46. The second kappa shape index (κ2) is 6.69. The van der Waals surface area contributed by atoms with Crippen molar-refractivity contribution in [3.05, 3.63) is 35.4 Å². The lowest BCUT2D eigenvalue weighted by molar-refractivity contribution is -0.131. The molecule has 0 fully saturated rings. The molecule has 0 bridgehead atoms. The van der Waals surface area contributed by atoms with Crippen LogP contribution in [0.3, 0.4) is 0 Å². The molecule has 4 heteroatoms. The Morgan fingerprint density at radius 2 is 2.11 bits per heavy atom. The highest BCUT2D eigenvalue weighted by Gasteiger charge is 2.05. The van der Waals surface area contributed by atoms with Crippen LogP contribution in [0, 0.1) is 0 Å². The molecule has 0 spiro atoms. The fourth-order valence-electron chi connectivity index (χ4n) is 1.50. The van der Waals surface area contributed by atoms with Crippen molar-refractivity contribution < 1.29 is 19.4 Å². The van der Waals surface area contributed by atoms with Gasteiger partial charge in [0.25, 0.3) is 0 Å². The maximum absolute atomic E-state index is 10.5. The minimum Gasteiger partial charge on any atom is -0.493 e. The summed E-state index contributed by atoms with van der Waals surface area (Å²) in [7, 11) is 1.58. The standard InChI is InChI=1S/C14H18O4/c1-4-11-5-6-12(13(8-11)17-3)18-9-10(2)7-14(15)16/h5-8H,4,9H2,1-3H3,(H,15,16)/b10-7+.